The van der Waals surface area contributed by atoms with Gasteiger partial charge >= 0.3 is 5.97 Å². The number of nitrogens with one attached hydrogen (secondary N) is 1. The van der Waals surface area contributed by atoms with Crippen LogP contribution in [0.15, 0.2) is 48.5 Å². The molecule has 0 spiro atoms. The Morgan fingerprint density at radius 3 is 2.19 bits per heavy atom. The third kappa shape index (κ3) is 6.04. The Hall–Kier alpha value is -2.93. The maximum absolute atomic E-state index is 13.4. The van der Waals surface area contributed by atoms with E-state index in [9.17, 15) is 14.0 Å². The van der Waals surface area contributed by atoms with Crippen molar-refractivity contribution in [2.24, 2.45) is 5.92 Å². The summed E-state index contributed by atoms with van der Waals surface area (Å²) in [6, 6.07) is 13.5. The van der Waals surface area contributed by atoms with Crippen molar-refractivity contribution in [3.05, 3.63) is 65.5 Å². The zero-order chi connectivity index (χ0) is 22.2. The van der Waals surface area contributed by atoms with Gasteiger partial charge in [-0.3, -0.25) is 14.9 Å². The quantitative estimate of drug-likeness (QED) is 0.654. The number of methoxy groups -OCH3 is 1. The molecule has 2 aromatic rings. The number of halogens is 1. The van der Waals surface area contributed by atoms with Gasteiger partial charge in [0.2, 0.25) is 5.91 Å². The number of ether oxygens (including phenoxy) is 2. The molecule has 0 bridgehead atoms. The Balaban J connectivity index is 1.64. The summed E-state index contributed by atoms with van der Waals surface area (Å²) in [4.78, 5) is 26.5. The van der Waals surface area contributed by atoms with Crippen LogP contribution in [0.1, 0.15) is 36.9 Å². The van der Waals surface area contributed by atoms with Crippen molar-refractivity contribution in [1.29, 1.82) is 0 Å². The lowest BCUT2D eigenvalue weighted by atomic mass is 9.96. The fourth-order valence-corrected chi connectivity index (χ4v) is 3.81. The van der Waals surface area contributed by atoms with Gasteiger partial charge in [0.1, 0.15) is 11.6 Å². The molecule has 0 radical (unpaired) electrons. The molecule has 3 rings (SSSR count). The zero-order valence-corrected chi connectivity index (χ0v) is 18.0. The van der Waals surface area contributed by atoms with Crippen LogP contribution in [0.25, 0.3) is 0 Å². The van der Waals surface area contributed by atoms with Crippen molar-refractivity contribution < 1.29 is 23.5 Å². The molecule has 1 aliphatic heterocycles. The molecule has 1 fully saturated rings. The van der Waals surface area contributed by atoms with Crippen LogP contribution in [-0.2, 0) is 14.3 Å². The highest BCUT2D eigenvalue weighted by Crippen LogP contribution is 2.25. The Morgan fingerprint density at radius 2 is 1.65 bits per heavy atom. The van der Waals surface area contributed by atoms with Gasteiger partial charge in [0.25, 0.3) is 0 Å². The van der Waals surface area contributed by atoms with Gasteiger partial charge in [0.15, 0.2) is 0 Å². The number of hydrogen-bond donors (Lipinski definition) is 1. The van der Waals surface area contributed by atoms with Crippen LogP contribution in [0.2, 0.25) is 0 Å². The van der Waals surface area contributed by atoms with E-state index < -0.39 is 0 Å². The van der Waals surface area contributed by atoms with Gasteiger partial charge < -0.3 is 14.4 Å². The standard InChI is InChI=1S/C24H29FN2O4/c1-3-31-24(29)19-12-14-27(15-13-19)22(28)16-26-23(17-4-8-20(25)9-5-17)18-6-10-21(30-2)11-7-18/h4-11,19,23,26H,3,12-16H2,1-2H3. The van der Waals surface area contributed by atoms with E-state index in [4.69, 9.17) is 9.47 Å². The first-order chi connectivity index (χ1) is 15.0. The molecule has 166 valence electrons. The minimum Gasteiger partial charge on any atom is -0.497 e. The molecule has 1 heterocycles. The maximum Gasteiger partial charge on any atom is 0.309 e. The smallest absolute Gasteiger partial charge is 0.309 e. The summed E-state index contributed by atoms with van der Waals surface area (Å²) in [5, 5.41) is 3.31. The van der Waals surface area contributed by atoms with E-state index in [2.05, 4.69) is 5.32 Å². The second-order valence-electron chi connectivity index (χ2n) is 7.55. The molecule has 1 saturated heterocycles. The molecule has 0 aromatic heterocycles. The molecule has 1 unspecified atom stereocenters. The number of likely N-dealkylation sites (tertiary alicyclic amines) is 1. The highest BCUT2D eigenvalue weighted by Gasteiger charge is 2.28. The summed E-state index contributed by atoms with van der Waals surface area (Å²) in [6.07, 6.45) is 1.23. The molecular weight excluding hydrogens is 399 g/mol. The molecule has 1 amide bonds. The van der Waals surface area contributed by atoms with Gasteiger partial charge in [0, 0.05) is 13.1 Å². The highest BCUT2D eigenvalue weighted by atomic mass is 19.1. The van der Waals surface area contributed by atoms with Crippen molar-refractivity contribution in [2.45, 2.75) is 25.8 Å². The van der Waals surface area contributed by atoms with Crippen molar-refractivity contribution in [2.75, 3.05) is 33.4 Å². The molecule has 0 saturated carbocycles. The fourth-order valence-electron chi connectivity index (χ4n) is 3.81. The van der Waals surface area contributed by atoms with Crippen molar-refractivity contribution in [3.63, 3.8) is 0 Å². The first-order valence-electron chi connectivity index (χ1n) is 10.6. The predicted octanol–water partition coefficient (Wildman–Crippen LogP) is 3.32. The first-order valence-corrected chi connectivity index (χ1v) is 10.6. The normalized spacial score (nSPS) is 15.4. The van der Waals surface area contributed by atoms with Crippen LogP contribution < -0.4 is 10.1 Å². The first kappa shape index (κ1) is 22.7. The molecular formula is C24H29FN2O4. The average Bonchev–Trinajstić information content (AvgIpc) is 2.81. The lowest BCUT2D eigenvalue weighted by molar-refractivity contribution is -0.151. The second-order valence-corrected chi connectivity index (χ2v) is 7.55. The number of rotatable bonds is 8. The molecule has 6 nitrogen and oxygen atoms in total. The average molecular weight is 429 g/mol. The van der Waals surface area contributed by atoms with Crippen LogP contribution in [-0.4, -0.2) is 50.1 Å². The van der Waals surface area contributed by atoms with E-state index in [1.165, 1.54) is 12.1 Å². The number of amides is 1. The number of nitrogens with zero attached hydrogens (tertiary/aromatic N) is 1. The SMILES string of the molecule is CCOC(=O)C1CCN(C(=O)CNC(c2ccc(F)cc2)c2ccc(OC)cc2)CC1. The van der Waals surface area contributed by atoms with Crippen molar-refractivity contribution >= 4 is 11.9 Å². The Kier molecular flexibility index (Phi) is 8.00. The lowest BCUT2D eigenvalue weighted by Crippen LogP contribution is -2.44. The maximum atomic E-state index is 13.4. The molecule has 1 aliphatic rings. The summed E-state index contributed by atoms with van der Waals surface area (Å²) in [5.41, 5.74) is 1.81. The van der Waals surface area contributed by atoms with Crippen LogP contribution in [0.4, 0.5) is 4.39 Å². The Bertz CT molecular complexity index is 862. The summed E-state index contributed by atoms with van der Waals surface area (Å²) < 4.78 is 23.7. The molecule has 1 atom stereocenters. The van der Waals surface area contributed by atoms with E-state index >= 15 is 0 Å². The zero-order valence-electron chi connectivity index (χ0n) is 18.0. The van der Waals surface area contributed by atoms with Crippen LogP contribution in [0, 0.1) is 11.7 Å². The third-order valence-electron chi connectivity index (χ3n) is 5.58. The lowest BCUT2D eigenvalue weighted by Gasteiger charge is -2.31. The third-order valence-corrected chi connectivity index (χ3v) is 5.58. The van der Waals surface area contributed by atoms with Gasteiger partial charge in [-0.2, -0.15) is 0 Å². The summed E-state index contributed by atoms with van der Waals surface area (Å²) in [6.45, 7) is 3.38. The monoisotopic (exact) mass is 428 g/mol. The van der Waals surface area contributed by atoms with Gasteiger partial charge in [0.05, 0.1) is 32.2 Å². The Morgan fingerprint density at radius 1 is 1.06 bits per heavy atom. The number of carbonyl (C=O) groups excluding carboxylic acids is 2. The number of hydrogen-bond acceptors (Lipinski definition) is 5. The fraction of sp³-hybridized carbons (Fsp3) is 0.417. The van der Waals surface area contributed by atoms with E-state index in [0.717, 1.165) is 16.9 Å². The van der Waals surface area contributed by atoms with Gasteiger partial charge in [-0.1, -0.05) is 24.3 Å². The van der Waals surface area contributed by atoms with E-state index in [0.29, 0.717) is 32.5 Å². The molecule has 2 aromatic carbocycles. The van der Waals surface area contributed by atoms with Gasteiger partial charge in [-0.05, 0) is 55.2 Å². The Labute approximate surface area is 182 Å². The molecule has 1 N–H and O–H groups in total. The van der Waals surface area contributed by atoms with Crippen LogP contribution in [0.3, 0.4) is 0 Å². The van der Waals surface area contributed by atoms with E-state index in [1.807, 2.05) is 24.3 Å². The van der Waals surface area contributed by atoms with Gasteiger partial charge in [-0.15, -0.1) is 0 Å². The van der Waals surface area contributed by atoms with E-state index in [-0.39, 0.29) is 36.2 Å². The minimum atomic E-state index is -0.308. The topological polar surface area (TPSA) is 67.9 Å². The number of piperidine rings is 1. The van der Waals surface area contributed by atoms with Crippen LogP contribution in [0.5, 0.6) is 5.75 Å². The second kappa shape index (κ2) is 10.9. The number of esters is 1. The molecule has 7 heteroatoms. The molecule has 0 aliphatic carbocycles. The number of carbonyl (C=O) groups is 2. The predicted molar refractivity (Wildman–Crippen MR) is 115 cm³/mol. The van der Waals surface area contributed by atoms with Crippen LogP contribution >= 0.6 is 0 Å². The molecule has 31 heavy (non-hydrogen) atoms. The summed E-state index contributed by atoms with van der Waals surface area (Å²) in [5.74, 6) is 0.0923. The summed E-state index contributed by atoms with van der Waals surface area (Å²) >= 11 is 0. The minimum absolute atomic E-state index is 0.0251. The van der Waals surface area contributed by atoms with Gasteiger partial charge in [-0.25, -0.2) is 4.39 Å². The van der Waals surface area contributed by atoms with Crippen molar-refractivity contribution in [3.8, 4) is 5.75 Å². The van der Waals surface area contributed by atoms with E-state index in [1.54, 1.807) is 31.1 Å². The highest BCUT2D eigenvalue weighted by molar-refractivity contribution is 5.79. The number of benzene rings is 2. The largest absolute Gasteiger partial charge is 0.497 e. The summed E-state index contributed by atoms with van der Waals surface area (Å²) in [7, 11) is 1.61. The van der Waals surface area contributed by atoms with Crippen molar-refractivity contribution in [1.82, 2.24) is 10.2 Å².